The summed E-state index contributed by atoms with van der Waals surface area (Å²) < 4.78 is 74.6. The average molecular weight is 301 g/mol. The first-order valence-corrected chi connectivity index (χ1v) is 4.65. The number of pyridine rings is 1. The van der Waals surface area contributed by atoms with Crippen LogP contribution in [0.4, 0.5) is 26.3 Å². The third-order valence-electron chi connectivity index (χ3n) is 2.02. The van der Waals surface area contributed by atoms with Gasteiger partial charge in [0.2, 0.25) is 0 Å². The normalized spacial score (nSPS) is 14.5. The van der Waals surface area contributed by atoms with Gasteiger partial charge in [-0.1, -0.05) is 10.3 Å². The Balaban J connectivity index is 3.35. The maximum absolute atomic E-state index is 12.4. The second kappa shape index (κ2) is 5.35. The summed E-state index contributed by atoms with van der Waals surface area (Å²) in [6.45, 7) is 0. The van der Waals surface area contributed by atoms with E-state index in [1.165, 1.54) is 0 Å². The molecule has 1 aromatic heterocycles. The minimum absolute atomic E-state index is 0.387. The lowest BCUT2D eigenvalue weighted by Crippen LogP contribution is -2.27. The van der Waals surface area contributed by atoms with Crippen molar-refractivity contribution in [1.82, 2.24) is 4.98 Å². The summed E-state index contributed by atoms with van der Waals surface area (Å²) in [4.78, 5) is 3.17. The van der Waals surface area contributed by atoms with Crippen LogP contribution in [0, 0.1) is 0 Å². The number of hydrogen-bond donors (Lipinski definition) is 2. The molecule has 0 aliphatic carbocycles. The van der Waals surface area contributed by atoms with Crippen molar-refractivity contribution in [3.05, 3.63) is 29.6 Å². The summed E-state index contributed by atoms with van der Waals surface area (Å²) in [5, 5.41) is 20.6. The molecule has 1 aromatic rings. The van der Waals surface area contributed by atoms with Gasteiger partial charge in [-0.05, 0) is 6.07 Å². The summed E-state index contributed by atoms with van der Waals surface area (Å²) in [6, 6.07) is 0.387. The Bertz CT molecular complexity index is 504. The first-order valence-electron chi connectivity index (χ1n) is 4.65. The van der Waals surface area contributed by atoms with Gasteiger partial charge in [-0.3, -0.25) is 4.98 Å². The molecule has 0 saturated heterocycles. The quantitative estimate of drug-likeness (QED) is 0.381. The molecule has 0 unspecified atom stereocenters. The Hall–Kier alpha value is -2.33. The third-order valence-corrected chi connectivity index (χ3v) is 2.02. The zero-order valence-electron chi connectivity index (χ0n) is 9.24. The van der Waals surface area contributed by atoms with Crippen molar-refractivity contribution in [2.45, 2.75) is 12.4 Å². The van der Waals surface area contributed by atoms with E-state index in [9.17, 15) is 26.3 Å². The van der Waals surface area contributed by atoms with E-state index in [-0.39, 0.29) is 0 Å². The molecule has 0 atom stereocenters. The van der Waals surface area contributed by atoms with E-state index < -0.39 is 34.9 Å². The molecule has 0 saturated carbocycles. The van der Waals surface area contributed by atoms with E-state index in [1.54, 1.807) is 0 Å². The standard InChI is InChI=1S/C9H5F6N3O2/c10-8(11,12)6(17-19)4-1-5(3-16-2-4)7(18-20)9(13,14)15/h1-3,19-20H/b17-6-,18-7+. The van der Waals surface area contributed by atoms with Crippen molar-refractivity contribution < 1.29 is 36.8 Å². The van der Waals surface area contributed by atoms with Crippen molar-refractivity contribution in [1.29, 1.82) is 0 Å². The number of nitrogens with zero attached hydrogens (tertiary/aromatic N) is 3. The van der Waals surface area contributed by atoms with Gasteiger partial charge in [-0.15, -0.1) is 0 Å². The Morgan fingerprint density at radius 2 is 1.20 bits per heavy atom. The van der Waals surface area contributed by atoms with E-state index in [2.05, 4.69) is 4.98 Å². The van der Waals surface area contributed by atoms with Crippen molar-refractivity contribution in [2.75, 3.05) is 0 Å². The molecule has 0 aliphatic heterocycles. The van der Waals surface area contributed by atoms with Crippen LogP contribution in [0.15, 0.2) is 28.8 Å². The van der Waals surface area contributed by atoms with Crippen LogP contribution < -0.4 is 0 Å². The second-order valence-corrected chi connectivity index (χ2v) is 3.36. The van der Waals surface area contributed by atoms with Gasteiger partial charge < -0.3 is 10.4 Å². The topological polar surface area (TPSA) is 78.1 Å². The maximum atomic E-state index is 12.4. The first kappa shape index (κ1) is 15.7. The van der Waals surface area contributed by atoms with Crippen LogP contribution in [0.2, 0.25) is 0 Å². The number of hydrogen-bond acceptors (Lipinski definition) is 5. The molecule has 11 heteroatoms. The largest absolute Gasteiger partial charge is 0.437 e. The fourth-order valence-corrected chi connectivity index (χ4v) is 1.26. The van der Waals surface area contributed by atoms with E-state index in [0.29, 0.717) is 18.5 Å². The molecule has 0 amide bonds. The monoisotopic (exact) mass is 301 g/mol. The Kier molecular flexibility index (Phi) is 4.20. The molecule has 0 aliphatic rings. The average Bonchev–Trinajstić information content (AvgIpc) is 2.27. The van der Waals surface area contributed by atoms with Crippen LogP contribution in [0.3, 0.4) is 0 Å². The predicted octanol–water partition coefficient (Wildman–Crippen LogP) is 2.56. The molecule has 0 spiro atoms. The van der Waals surface area contributed by atoms with Crippen molar-refractivity contribution in [3.8, 4) is 0 Å². The molecular weight excluding hydrogens is 296 g/mol. The second-order valence-electron chi connectivity index (χ2n) is 3.36. The summed E-state index contributed by atoms with van der Waals surface area (Å²) in [6.07, 6.45) is -9.08. The van der Waals surface area contributed by atoms with Crippen molar-refractivity contribution >= 4 is 11.4 Å². The van der Waals surface area contributed by atoms with Crippen molar-refractivity contribution in [3.63, 3.8) is 0 Å². The predicted molar refractivity (Wildman–Crippen MR) is 53.0 cm³/mol. The molecule has 0 radical (unpaired) electrons. The number of halogens is 6. The third kappa shape index (κ3) is 3.36. The van der Waals surface area contributed by atoms with E-state index in [1.807, 2.05) is 10.3 Å². The number of alkyl halides is 6. The van der Waals surface area contributed by atoms with Crippen molar-refractivity contribution in [2.24, 2.45) is 10.3 Å². The van der Waals surface area contributed by atoms with Gasteiger partial charge in [0.25, 0.3) is 0 Å². The summed E-state index contributed by atoms with van der Waals surface area (Å²) in [5.74, 6) is 0. The van der Waals surface area contributed by atoms with Crippen LogP contribution in [0.1, 0.15) is 11.1 Å². The highest BCUT2D eigenvalue weighted by molar-refractivity contribution is 6.08. The number of oxime groups is 2. The van der Waals surface area contributed by atoms with Gasteiger partial charge in [0.15, 0.2) is 11.4 Å². The summed E-state index contributed by atoms with van der Waals surface area (Å²) in [7, 11) is 0. The Labute approximate surface area is 106 Å². The minimum Gasteiger partial charge on any atom is -0.410 e. The Morgan fingerprint density at radius 3 is 1.45 bits per heavy atom. The van der Waals surface area contributed by atoms with E-state index in [0.717, 1.165) is 0 Å². The highest BCUT2D eigenvalue weighted by Gasteiger charge is 2.40. The molecule has 2 N–H and O–H groups in total. The molecule has 20 heavy (non-hydrogen) atoms. The highest BCUT2D eigenvalue weighted by atomic mass is 19.4. The highest BCUT2D eigenvalue weighted by Crippen LogP contribution is 2.25. The molecule has 0 bridgehead atoms. The molecule has 0 fully saturated rings. The lowest BCUT2D eigenvalue weighted by molar-refractivity contribution is -0.0607. The fraction of sp³-hybridized carbons (Fsp3) is 0.222. The summed E-state index contributed by atoms with van der Waals surface area (Å²) >= 11 is 0. The lowest BCUT2D eigenvalue weighted by atomic mass is 10.1. The van der Waals surface area contributed by atoms with Crippen LogP contribution in [-0.4, -0.2) is 39.2 Å². The molecule has 1 heterocycles. The van der Waals surface area contributed by atoms with Crippen LogP contribution in [0.25, 0.3) is 0 Å². The SMILES string of the molecule is O/N=C(/c1cncc(/C(=N\O)C(F)(F)F)c1)C(F)(F)F. The van der Waals surface area contributed by atoms with Gasteiger partial charge in [0.05, 0.1) is 0 Å². The summed E-state index contributed by atoms with van der Waals surface area (Å²) in [5.41, 5.74) is -5.48. The molecule has 0 aromatic carbocycles. The van der Waals surface area contributed by atoms with Gasteiger partial charge in [-0.25, -0.2) is 0 Å². The lowest BCUT2D eigenvalue weighted by Gasteiger charge is -2.11. The number of aromatic nitrogens is 1. The van der Waals surface area contributed by atoms with E-state index in [4.69, 9.17) is 10.4 Å². The zero-order chi connectivity index (χ0) is 15.6. The van der Waals surface area contributed by atoms with Crippen LogP contribution in [0.5, 0.6) is 0 Å². The van der Waals surface area contributed by atoms with Crippen LogP contribution >= 0.6 is 0 Å². The smallest absolute Gasteiger partial charge is 0.410 e. The zero-order valence-corrected chi connectivity index (χ0v) is 9.24. The molecule has 1 rings (SSSR count). The van der Waals surface area contributed by atoms with Gasteiger partial charge >= 0.3 is 12.4 Å². The molecular formula is C9H5F6N3O2. The Morgan fingerprint density at radius 1 is 0.850 bits per heavy atom. The van der Waals surface area contributed by atoms with Crippen LogP contribution in [-0.2, 0) is 0 Å². The van der Waals surface area contributed by atoms with E-state index >= 15 is 0 Å². The number of rotatable bonds is 2. The first-order chi connectivity index (χ1) is 9.11. The minimum atomic E-state index is -5.09. The van der Waals surface area contributed by atoms with Gasteiger partial charge in [-0.2, -0.15) is 26.3 Å². The molecule has 110 valence electrons. The maximum Gasteiger partial charge on any atom is 0.437 e. The fourth-order valence-electron chi connectivity index (χ4n) is 1.26. The van der Waals surface area contributed by atoms with Gasteiger partial charge in [0, 0.05) is 23.5 Å². The van der Waals surface area contributed by atoms with Gasteiger partial charge in [0.1, 0.15) is 0 Å². The molecule has 5 nitrogen and oxygen atoms in total.